The van der Waals surface area contributed by atoms with E-state index in [4.69, 9.17) is 13.9 Å². The number of rotatable bonds is 4. The van der Waals surface area contributed by atoms with E-state index in [1.165, 1.54) is 0 Å². The number of aromatic nitrogens is 2. The Morgan fingerprint density at radius 2 is 1.63 bits per heavy atom. The molecule has 1 aliphatic rings. The Hall–Kier alpha value is -3.93. The summed E-state index contributed by atoms with van der Waals surface area (Å²) in [6.45, 7) is 1.89. The van der Waals surface area contributed by atoms with Crippen LogP contribution in [0.5, 0.6) is 11.5 Å². The molecule has 0 atom stereocenters. The number of carbonyl (C=O) groups excluding carboxylic acids is 1. The lowest BCUT2D eigenvalue weighted by Crippen LogP contribution is -2.21. The van der Waals surface area contributed by atoms with E-state index in [1.54, 1.807) is 0 Å². The second-order valence-electron chi connectivity index (χ2n) is 7.09. The molecule has 0 N–H and O–H groups in total. The Labute approximate surface area is 173 Å². The minimum absolute atomic E-state index is 0.0979. The monoisotopic (exact) mass is 398 g/mol. The summed E-state index contributed by atoms with van der Waals surface area (Å²) in [5.74, 6) is 0.967. The average molecular weight is 398 g/mol. The Kier molecular flexibility index (Phi) is 4.52. The number of benzene rings is 3. The standard InChI is InChI=1S/C24H18N2O4/c1-15-7-6-8-16(13-15)23-26-25-21(30-23)14-28-24(27)22-17-9-2-4-11-19(17)29-20-12-5-3-10-18(20)22/h2-13,22H,14H2,1H3. The van der Waals surface area contributed by atoms with Gasteiger partial charge in [0, 0.05) is 16.7 Å². The van der Waals surface area contributed by atoms with Crippen LogP contribution in [0.1, 0.15) is 28.5 Å². The number of carbonyl (C=O) groups is 1. The molecular formula is C24H18N2O4. The Morgan fingerprint density at radius 1 is 0.933 bits per heavy atom. The molecule has 30 heavy (non-hydrogen) atoms. The number of aryl methyl sites for hydroxylation is 1. The van der Waals surface area contributed by atoms with Crippen molar-refractivity contribution in [2.24, 2.45) is 0 Å². The van der Waals surface area contributed by atoms with Gasteiger partial charge in [0.15, 0.2) is 6.61 Å². The maximum absolute atomic E-state index is 13.1. The molecule has 0 saturated carbocycles. The number of nitrogens with zero attached hydrogens (tertiary/aromatic N) is 2. The number of esters is 1. The fourth-order valence-corrected chi connectivity index (χ4v) is 3.59. The molecule has 1 aromatic heterocycles. The minimum Gasteiger partial charge on any atom is -0.457 e. The average Bonchev–Trinajstić information content (AvgIpc) is 3.25. The van der Waals surface area contributed by atoms with Crippen molar-refractivity contribution in [3.05, 3.63) is 95.4 Å². The number of ether oxygens (including phenoxy) is 2. The van der Waals surface area contributed by atoms with Crippen molar-refractivity contribution < 1.29 is 18.7 Å². The molecule has 0 fully saturated rings. The third kappa shape index (κ3) is 3.33. The number of fused-ring (bicyclic) bond motifs is 2. The Balaban J connectivity index is 1.37. The van der Waals surface area contributed by atoms with Gasteiger partial charge in [0.1, 0.15) is 17.4 Å². The van der Waals surface area contributed by atoms with Crippen molar-refractivity contribution in [1.82, 2.24) is 10.2 Å². The first-order valence-electron chi connectivity index (χ1n) is 9.61. The zero-order valence-electron chi connectivity index (χ0n) is 16.2. The van der Waals surface area contributed by atoms with Crippen LogP contribution in [0.2, 0.25) is 0 Å². The summed E-state index contributed by atoms with van der Waals surface area (Å²) in [5.41, 5.74) is 3.46. The topological polar surface area (TPSA) is 74.5 Å². The van der Waals surface area contributed by atoms with E-state index in [1.807, 2.05) is 79.7 Å². The molecule has 5 rings (SSSR count). The van der Waals surface area contributed by atoms with Gasteiger partial charge in [-0.1, -0.05) is 54.1 Å². The third-order valence-corrected chi connectivity index (χ3v) is 4.99. The van der Waals surface area contributed by atoms with Gasteiger partial charge in [-0.25, -0.2) is 0 Å². The molecule has 2 heterocycles. The second kappa shape index (κ2) is 7.48. The van der Waals surface area contributed by atoms with E-state index >= 15 is 0 Å². The van der Waals surface area contributed by atoms with Gasteiger partial charge in [-0.2, -0.15) is 0 Å². The van der Waals surface area contributed by atoms with Gasteiger partial charge in [0.05, 0.1) is 0 Å². The molecule has 1 aliphatic heterocycles. The lowest BCUT2D eigenvalue weighted by molar-refractivity contribution is -0.146. The molecule has 0 amide bonds. The lowest BCUT2D eigenvalue weighted by atomic mass is 9.88. The van der Waals surface area contributed by atoms with Gasteiger partial charge >= 0.3 is 5.97 Å². The summed E-state index contributed by atoms with van der Waals surface area (Å²) >= 11 is 0. The highest BCUT2D eigenvalue weighted by atomic mass is 16.5. The van der Waals surface area contributed by atoms with Crippen molar-refractivity contribution in [2.75, 3.05) is 0 Å². The van der Waals surface area contributed by atoms with Crippen LogP contribution in [0.15, 0.2) is 77.2 Å². The number of hydrogen-bond acceptors (Lipinski definition) is 6. The van der Waals surface area contributed by atoms with E-state index in [0.29, 0.717) is 17.4 Å². The summed E-state index contributed by atoms with van der Waals surface area (Å²) in [7, 11) is 0. The summed E-state index contributed by atoms with van der Waals surface area (Å²) in [4.78, 5) is 13.1. The highest BCUT2D eigenvalue weighted by Crippen LogP contribution is 2.44. The molecule has 0 unspecified atom stereocenters. The van der Waals surface area contributed by atoms with Crippen LogP contribution in [-0.2, 0) is 16.1 Å². The van der Waals surface area contributed by atoms with Gasteiger partial charge in [0.2, 0.25) is 5.89 Å². The number of hydrogen-bond donors (Lipinski definition) is 0. The Morgan fingerprint density at radius 3 is 2.33 bits per heavy atom. The smallest absolute Gasteiger partial charge is 0.318 e. The summed E-state index contributed by atoms with van der Waals surface area (Å²) in [6.07, 6.45) is 0. The molecule has 4 aromatic rings. The Bertz CT molecular complexity index is 1190. The van der Waals surface area contributed by atoms with Crippen LogP contribution in [0, 0.1) is 6.92 Å². The van der Waals surface area contributed by atoms with Gasteiger partial charge in [-0.3, -0.25) is 4.79 Å². The maximum atomic E-state index is 13.1. The molecule has 3 aromatic carbocycles. The first kappa shape index (κ1) is 18.1. The molecule has 6 nitrogen and oxygen atoms in total. The van der Waals surface area contributed by atoms with Crippen molar-refractivity contribution in [3.63, 3.8) is 0 Å². The van der Waals surface area contributed by atoms with E-state index in [0.717, 1.165) is 22.3 Å². The van der Waals surface area contributed by atoms with E-state index < -0.39 is 11.9 Å². The highest BCUT2D eigenvalue weighted by Gasteiger charge is 2.33. The predicted molar refractivity (Wildman–Crippen MR) is 109 cm³/mol. The first-order chi connectivity index (χ1) is 14.7. The quantitative estimate of drug-likeness (QED) is 0.449. The molecule has 0 spiro atoms. The second-order valence-corrected chi connectivity index (χ2v) is 7.09. The molecule has 6 heteroatoms. The van der Waals surface area contributed by atoms with E-state index in [2.05, 4.69) is 10.2 Å². The van der Waals surface area contributed by atoms with Crippen molar-refractivity contribution in [1.29, 1.82) is 0 Å². The normalized spacial score (nSPS) is 12.6. The van der Waals surface area contributed by atoms with Crippen LogP contribution < -0.4 is 4.74 Å². The van der Waals surface area contributed by atoms with Crippen LogP contribution >= 0.6 is 0 Å². The van der Waals surface area contributed by atoms with Gasteiger partial charge in [-0.05, 0) is 31.2 Å². The zero-order valence-corrected chi connectivity index (χ0v) is 16.2. The maximum Gasteiger partial charge on any atom is 0.318 e. The molecule has 0 aliphatic carbocycles. The van der Waals surface area contributed by atoms with Crippen LogP contribution in [0.4, 0.5) is 0 Å². The largest absolute Gasteiger partial charge is 0.457 e. The fourth-order valence-electron chi connectivity index (χ4n) is 3.59. The first-order valence-corrected chi connectivity index (χ1v) is 9.61. The van der Waals surface area contributed by atoms with Crippen molar-refractivity contribution >= 4 is 5.97 Å². The fraction of sp³-hybridized carbons (Fsp3) is 0.125. The van der Waals surface area contributed by atoms with E-state index in [9.17, 15) is 4.79 Å². The van der Waals surface area contributed by atoms with Crippen LogP contribution in [0.25, 0.3) is 11.5 Å². The van der Waals surface area contributed by atoms with Gasteiger partial charge in [-0.15, -0.1) is 10.2 Å². The third-order valence-electron chi connectivity index (χ3n) is 4.99. The molecule has 0 bridgehead atoms. The van der Waals surface area contributed by atoms with E-state index in [-0.39, 0.29) is 12.5 Å². The highest BCUT2D eigenvalue weighted by molar-refractivity contribution is 5.85. The molecule has 148 valence electrons. The predicted octanol–water partition coefficient (Wildman–Crippen LogP) is 5.03. The summed E-state index contributed by atoms with van der Waals surface area (Å²) in [6, 6.07) is 22.7. The number of para-hydroxylation sites is 2. The zero-order chi connectivity index (χ0) is 20.5. The van der Waals surface area contributed by atoms with Crippen LogP contribution in [-0.4, -0.2) is 16.2 Å². The van der Waals surface area contributed by atoms with Crippen molar-refractivity contribution in [2.45, 2.75) is 19.4 Å². The summed E-state index contributed by atoms with van der Waals surface area (Å²) in [5, 5.41) is 8.07. The SMILES string of the molecule is Cc1cccc(-c2nnc(COC(=O)C3c4ccccc4Oc4ccccc43)o2)c1. The lowest BCUT2D eigenvalue weighted by Gasteiger charge is -2.26. The van der Waals surface area contributed by atoms with Crippen molar-refractivity contribution in [3.8, 4) is 23.0 Å². The van der Waals surface area contributed by atoms with Gasteiger partial charge < -0.3 is 13.9 Å². The summed E-state index contributed by atoms with van der Waals surface area (Å²) < 4.78 is 17.2. The molecule has 0 radical (unpaired) electrons. The molecular weight excluding hydrogens is 380 g/mol. The molecule has 0 saturated heterocycles. The van der Waals surface area contributed by atoms with Crippen LogP contribution in [0.3, 0.4) is 0 Å². The minimum atomic E-state index is -0.578. The van der Waals surface area contributed by atoms with Gasteiger partial charge in [0.25, 0.3) is 5.89 Å².